The number of hydrogen-bond donors (Lipinski definition) is 4. The predicted octanol–water partition coefficient (Wildman–Crippen LogP) is 2.59. The van der Waals surface area contributed by atoms with Crippen LogP contribution in [0.1, 0.15) is 11.3 Å². The van der Waals surface area contributed by atoms with Gasteiger partial charge in [-0.2, -0.15) is 10.2 Å². The number of rotatable bonds is 8. The van der Waals surface area contributed by atoms with Crippen molar-refractivity contribution in [1.82, 2.24) is 35.4 Å². The summed E-state index contributed by atoms with van der Waals surface area (Å²) in [6.07, 6.45) is 2.29. The molecule has 0 atom stereocenters. The molecule has 35 heavy (non-hydrogen) atoms. The molecule has 4 N–H and O–H groups in total. The number of aromatic amines is 2. The van der Waals surface area contributed by atoms with Gasteiger partial charge < -0.3 is 14.9 Å². The number of carbonyl (C=O) groups is 2. The fourth-order valence-corrected chi connectivity index (χ4v) is 4.13. The summed E-state index contributed by atoms with van der Waals surface area (Å²) in [6.45, 7) is -0.364. The zero-order chi connectivity index (χ0) is 24.7. The minimum Gasteiger partial charge on any atom is -0.479 e. The summed E-state index contributed by atoms with van der Waals surface area (Å²) in [5.41, 5.74) is -0.200. The minimum absolute atomic E-state index is 0.112. The summed E-state index contributed by atoms with van der Waals surface area (Å²) < 4.78 is 21.6. The molecule has 0 unspecified atom stereocenters. The highest BCUT2D eigenvalue weighted by Gasteiger charge is 2.48. The average Bonchev–Trinajstić information content (AvgIpc) is 3.55. The highest BCUT2D eigenvalue weighted by molar-refractivity contribution is 9.10. The number of halogens is 2. The molecule has 0 fully saturated rings. The number of hydrogen-bond acceptors (Lipinski definition) is 7. The van der Waals surface area contributed by atoms with Gasteiger partial charge in [0, 0.05) is 22.5 Å². The second-order valence-electron chi connectivity index (χ2n) is 7.67. The van der Waals surface area contributed by atoms with Crippen molar-refractivity contribution in [2.75, 3.05) is 0 Å². The van der Waals surface area contributed by atoms with Gasteiger partial charge in [0.05, 0.1) is 35.2 Å². The number of fused-ring (bicyclic) bond motifs is 2. The first-order valence-electron chi connectivity index (χ1n) is 10.0. The molecule has 2 aromatic carbocycles. The number of aliphatic carboxylic acids is 2. The van der Waals surface area contributed by atoms with Crippen LogP contribution in [0.5, 0.6) is 0 Å². The number of benzene rings is 2. The van der Waals surface area contributed by atoms with E-state index in [9.17, 15) is 24.2 Å². The van der Waals surface area contributed by atoms with Crippen molar-refractivity contribution < 1.29 is 28.9 Å². The standard InChI is InChI=1S/C21H15BrFN7O5/c22-11-3-14(23)18-17(4-11)30(29-28-18)12-1-2-13-15(5-12)26-27-16(13)9-35-21(19(31)32,20(33)34)6-10-7-24-25-8-10/h1-5,7-8H,6,9H2,(H,24,25)(H,26,27)(H,31,32)(H,33,34). The molecule has 14 heteroatoms. The molecule has 0 radical (unpaired) electrons. The van der Waals surface area contributed by atoms with E-state index in [-0.39, 0.29) is 12.1 Å². The largest absolute Gasteiger partial charge is 0.479 e. The molecule has 0 amide bonds. The molecule has 3 aromatic heterocycles. The van der Waals surface area contributed by atoms with Gasteiger partial charge >= 0.3 is 11.9 Å². The fraction of sp³-hybridized carbons (Fsp3) is 0.143. The number of ether oxygens (including phenoxy) is 1. The number of H-pyrrole nitrogens is 2. The van der Waals surface area contributed by atoms with Crippen LogP contribution in [-0.2, 0) is 27.4 Å². The lowest BCUT2D eigenvalue weighted by molar-refractivity contribution is -0.185. The summed E-state index contributed by atoms with van der Waals surface area (Å²) in [5.74, 6) is -3.81. The fourth-order valence-electron chi connectivity index (χ4n) is 3.71. The van der Waals surface area contributed by atoms with E-state index >= 15 is 0 Å². The zero-order valence-corrected chi connectivity index (χ0v) is 19.2. The maximum atomic E-state index is 14.2. The Morgan fingerprint density at radius 1 is 1.20 bits per heavy atom. The Morgan fingerprint density at radius 2 is 2.00 bits per heavy atom. The molecule has 0 aliphatic heterocycles. The van der Waals surface area contributed by atoms with Crippen molar-refractivity contribution in [3.63, 3.8) is 0 Å². The normalized spacial score (nSPS) is 11.9. The van der Waals surface area contributed by atoms with Gasteiger partial charge in [-0.3, -0.25) is 10.2 Å². The molecule has 12 nitrogen and oxygen atoms in total. The molecule has 3 heterocycles. The Morgan fingerprint density at radius 3 is 2.71 bits per heavy atom. The van der Waals surface area contributed by atoms with E-state index in [2.05, 4.69) is 46.6 Å². The van der Waals surface area contributed by atoms with Crippen LogP contribution < -0.4 is 0 Å². The van der Waals surface area contributed by atoms with E-state index in [0.29, 0.717) is 37.8 Å². The Bertz CT molecular complexity index is 1570. The summed E-state index contributed by atoms with van der Waals surface area (Å²) in [5, 5.41) is 41.1. The van der Waals surface area contributed by atoms with E-state index in [0.717, 1.165) is 0 Å². The lowest BCUT2D eigenvalue weighted by Gasteiger charge is -2.24. The molecule has 0 spiro atoms. The Balaban J connectivity index is 1.46. The van der Waals surface area contributed by atoms with Gasteiger partial charge in [0.25, 0.3) is 5.60 Å². The maximum absolute atomic E-state index is 14.2. The molecule has 0 saturated heterocycles. The monoisotopic (exact) mass is 543 g/mol. The molecule has 0 aliphatic rings. The van der Waals surface area contributed by atoms with Crippen LogP contribution in [0.3, 0.4) is 0 Å². The van der Waals surface area contributed by atoms with Crippen LogP contribution in [0.2, 0.25) is 0 Å². The maximum Gasteiger partial charge on any atom is 0.348 e. The van der Waals surface area contributed by atoms with Crippen molar-refractivity contribution in [1.29, 1.82) is 0 Å². The number of nitrogens with zero attached hydrogens (tertiary/aromatic N) is 5. The van der Waals surface area contributed by atoms with Crippen molar-refractivity contribution >= 4 is 49.8 Å². The third-order valence-electron chi connectivity index (χ3n) is 5.49. The first kappa shape index (κ1) is 22.6. The number of carboxylic acids is 2. The minimum atomic E-state index is -2.53. The van der Waals surface area contributed by atoms with Crippen LogP contribution in [-0.4, -0.2) is 63.1 Å². The van der Waals surface area contributed by atoms with Gasteiger partial charge in [0.2, 0.25) is 0 Å². The van der Waals surface area contributed by atoms with E-state index in [4.69, 9.17) is 4.74 Å². The number of nitrogens with one attached hydrogen (secondary N) is 2. The van der Waals surface area contributed by atoms with Gasteiger partial charge in [0.1, 0.15) is 5.52 Å². The molecule has 0 aliphatic carbocycles. The van der Waals surface area contributed by atoms with Crippen LogP contribution >= 0.6 is 15.9 Å². The number of carboxylic acid groups (broad SMARTS) is 2. The predicted molar refractivity (Wildman–Crippen MR) is 121 cm³/mol. The lowest BCUT2D eigenvalue weighted by atomic mass is 9.96. The highest BCUT2D eigenvalue weighted by Crippen LogP contribution is 2.27. The summed E-state index contributed by atoms with van der Waals surface area (Å²) in [6, 6.07) is 8.04. The summed E-state index contributed by atoms with van der Waals surface area (Å²) in [4.78, 5) is 23.9. The average molecular weight is 544 g/mol. The quantitative estimate of drug-likeness (QED) is 0.214. The first-order chi connectivity index (χ1) is 16.8. The molecule has 5 aromatic rings. The highest BCUT2D eigenvalue weighted by atomic mass is 79.9. The van der Waals surface area contributed by atoms with Crippen LogP contribution in [0, 0.1) is 5.82 Å². The molecular weight excluding hydrogens is 529 g/mol. The van der Waals surface area contributed by atoms with Gasteiger partial charge in [-0.25, -0.2) is 18.7 Å². The second kappa shape index (κ2) is 8.56. The SMILES string of the molecule is O=C(O)C(Cc1cn[nH]c1)(OCc1[nH]nc2cc(-n3nnc4c(F)cc(Br)cc43)ccc12)C(=O)O. The van der Waals surface area contributed by atoms with Gasteiger partial charge in [-0.1, -0.05) is 21.1 Å². The lowest BCUT2D eigenvalue weighted by Crippen LogP contribution is -2.51. The molecular formula is C21H15BrFN7O5. The smallest absolute Gasteiger partial charge is 0.348 e. The van der Waals surface area contributed by atoms with E-state index < -0.39 is 29.8 Å². The Kier molecular flexibility index (Phi) is 5.53. The Hall–Kier alpha value is -4.17. The van der Waals surface area contributed by atoms with Crippen LogP contribution in [0.4, 0.5) is 4.39 Å². The molecule has 178 valence electrons. The molecule has 0 bridgehead atoms. The van der Waals surface area contributed by atoms with Gasteiger partial charge in [0.15, 0.2) is 5.82 Å². The number of aromatic nitrogens is 7. The van der Waals surface area contributed by atoms with E-state index in [1.165, 1.54) is 23.1 Å². The van der Waals surface area contributed by atoms with Gasteiger partial charge in [-0.05, 0) is 35.9 Å². The third-order valence-corrected chi connectivity index (χ3v) is 5.95. The Labute approximate surface area is 202 Å². The van der Waals surface area contributed by atoms with Crippen molar-refractivity contribution in [2.24, 2.45) is 0 Å². The van der Waals surface area contributed by atoms with Crippen molar-refractivity contribution in [3.05, 3.63) is 64.3 Å². The van der Waals surface area contributed by atoms with Gasteiger partial charge in [-0.15, -0.1) is 5.10 Å². The topological polar surface area (TPSA) is 172 Å². The zero-order valence-electron chi connectivity index (χ0n) is 17.6. The first-order valence-corrected chi connectivity index (χ1v) is 10.8. The van der Waals surface area contributed by atoms with Crippen molar-refractivity contribution in [3.8, 4) is 5.69 Å². The van der Waals surface area contributed by atoms with Crippen LogP contribution in [0.25, 0.3) is 27.6 Å². The summed E-state index contributed by atoms with van der Waals surface area (Å²) in [7, 11) is 0. The third kappa shape index (κ3) is 3.91. The molecule has 0 saturated carbocycles. The summed E-state index contributed by atoms with van der Waals surface area (Å²) >= 11 is 3.26. The van der Waals surface area contributed by atoms with E-state index in [1.807, 2.05) is 0 Å². The van der Waals surface area contributed by atoms with Crippen molar-refractivity contribution in [2.45, 2.75) is 18.6 Å². The van der Waals surface area contributed by atoms with E-state index in [1.54, 1.807) is 24.3 Å². The van der Waals surface area contributed by atoms with Crippen LogP contribution in [0.15, 0.2) is 47.2 Å². The second-order valence-corrected chi connectivity index (χ2v) is 8.59. The molecule has 5 rings (SSSR count).